The first-order valence-electron chi connectivity index (χ1n) is 8.62. The van der Waals surface area contributed by atoms with Gasteiger partial charge >= 0.3 is 5.97 Å². The van der Waals surface area contributed by atoms with Crippen molar-refractivity contribution in [1.82, 2.24) is 5.32 Å². The Balaban J connectivity index is 1.74. The van der Waals surface area contributed by atoms with Crippen LogP contribution in [0.2, 0.25) is 5.02 Å². The summed E-state index contributed by atoms with van der Waals surface area (Å²) in [6.45, 7) is 1.04. The Morgan fingerprint density at radius 2 is 2.18 bits per heavy atom. The molecule has 1 atom stereocenters. The minimum Gasteiger partial charge on any atom is -0.478 e. The Morgan fingerprint density at radius 3 is 2.86 bits per heavy atom. The van der Waals surface area contributed by atoms with Crippen molar-refractivity contribution >= 4 is 29.6 Å². The molecule has 8 heteroatoms. The Kier molecular flexibility index (Phi) is 6.14. The molecule has 1 fully saturated rings. The van der Waals surface area contributed by atoms with E-state index in [0.717, 1.165) is 12.8 Å². The molecule has 1 amide bonds. The minimum absolute atomic E-state index is 0.0209. The second-order valence-electron chi connectivity index (χ2n) is 6.22. The highest BCUT2D eigenvalue weighted by Crippen LogP contribution is 2.27. The number of carboxylic acids is 1. The van der Waals surface area contributed by atoms with Crippen LogP contribution in [0.4, 0.5) is 0 Å². The molecule has 0 radical (unpaired) electrons. The molecule has 1 unspecified atom stereocenters. The van der Waals surface area contributed by atoms with Crippen LogP contribution in [-0.2, 0) is 9.53 Å². The number of furan rings is 1. The highest BCUT2D eigenvalue weighted by Gasteiger charge is 2.18. The number of rotatable bonds is 6. The first-order chi connectivity index (χ1) is 13.5. The Hall–Kier alpha value is -3.08. The van der Waals surface area contributed by atoms with Crippen LogP contribution in [0, 0.1) is 11.3 Å². The average molecular weight is 401 g/mol. The van der Waals surface area contributed by atoms with Gasteiger partial charge in [0.05, 0.1) is 16.7 Å². The average Bonchev–Trinajstić information content (AvgIpc) is 3.36. The first kappa shape index (κ1) is 19.7. The topological polar surface area (TPSA) is 113 Å². The van der Waals surface area contributed by atoms with E-state index in [9.17, 15) is 14.9 Å². The van der Waals surface area contributed by atoms with E-state index in [0.29, 0.717) is 30.2 Å². The van der Waals surface area contributed by atoms with Crippen LogP contribution in [0.1, 0.15) is 29.0 Å². The van der Waals surface area contributed by atoms with Gasteiger partial charge in [-0.2, -0.15) is 5.26 Å². The van der Waals surface area contributed by atoms with E-state index in [1.165, 1.54) is 18.2 Å². The molecule has 28 heavy (non-hydrogen) atoms. The van der Waals surface area contributed by atoms with E-state index < -0.39 is 11.9 Å². The molecular weight excluding hydrogens is 384 g/mol. The molecule has 144 valence electrons. The van der Waals surface area contributed by atoms with E-state index in [2.05, 4.69) is 5.32 Å². The summed E-state index contributed by atoms with van der Waals surface area (Å²) in [4.78, 5) is 23.4. The maximum atomic E-state index is 12.2. The van der Waals surface area contributed by atoms with Crippen LogP contribution in [0.5, 0.6) is 0 Å². The standard InChI is InChI=1S/C20H17ClN2O5/c21-17-5-3-12(9-16(17)20(25)26)18-6-4-14(28-18)8-13(10-22)19(24)23-11-15-2-1-7-27-15/h3-6,8-9,15H,1-2,7,11H2,(H,23,24)(H,25,26). The van der Waals surface area contributed by atoms with Gasteiger partial charge in [-0.15, -0.1) is 0 Å². The van der Waals surface area contributed by atoms with Crippen LogP contribution in [0.3, 0.4) is 0 Å². The lowest BCUT2D eigenvalue weighted by Gasteiger charge is -2.09. The van der Waals surface area contributed by atoms with Crippen LogP contribution in [-0.4, -0.2) is 36.2 Å². The molecule has 2 N–H and O–H groups in total. The van der Waals surface area contributed by atoms with E-state index in [1.54, 1.807) is 18.2 Å². The van der Waals surface area contributed by atoms with Crippen molar-refractivity contribution in [2.45, 2.75) is 18.9 Å². The minimum atomic E-state index is -1.15. The van der Waals surface area contributed by atoms with E-state index in [1.807, 2.05) is 6.07 Å². The van der Waals surface area contributed by atoms with Gasteiger partial charge in [0.15, 0.2) is 0 Å². The van der Waals surface area contributed by atoms with E-state index >= 15 is 0 Å². The lowest BCUT2D eigenvalue weighted by atomic mass is 10.1. The summed E-state index contributed by atoms with van der Waals surface area (Å²) in [5, 5.41) is 21.2. The normalized spacial score (nSPS) is 16.6. The number of nitrogens with zero attached hydrogens (tertiary/aromatic N) is 1. The zero-order chi connectivity index (χ0) is 20.1. The van der Waals surface area contributed by atoms with Crippen molar-refractivity contribution in [3.63, 3.8) is 0 Å². The Bertz CT molecular complexity index is 967. The smallest absolute Gasteiger partial charge is 0.337 e. The van der Waals surface area contributed by atoms with Gasteiger partial charge < -0.3 is 19.6 Å². The highest BCUT2D eigenvalue weighted by molar-refractivity contribution is 6.33. The number of nitriles is 1. The molecule has 0 saturated carbocycles. The number of carbonyl (C=O) groups excluding carboxylic acids is 1. The van der Waals surface area contributed by atoms with Gasteiger partial charge in [-0.05, 0) is 43.2 Å². The van der Waals surface area contributed by atoms with Gasteiger partial charge in [0.1, 0.15) is 23.2 Å². The fraction of sp³-hybridized carbons (Fsp3) is 0.250. The molecule has 0 bridgehead atoms. The summed E-state index contributed by atoms with van der Waals surface area (Å²) in [5.41, 5.74) is 0.378. The predicted molar refractivity (Wildman–Crippen MR) is 102 cm³/mol. The molecule has 2 aromatic rings. The van der Waals surface area contributed by atoms with Gasteiger partial charge in [-0.3, -0.25) is 4.79 Å². The van der Waals surface area contributed by atoms with E-state index in [-0.39, 0.29) is 22.3 Å². The molecule has 1 aliphatic rings. The van der Waals surface area contributed by atoms with Crippen LogP contribution in [0.15, 0.2) is 40.3 Å². The van der Waals surface area contributed by atoms with Crippen LogP contribution >= 0.6 is 11.6 Å². The van der Waals surface area contributed by atoms with Crippen molar-refractivity contribution in [2.75, 3.05) is 13.2 Å². The van der Waals surface area contributed by atoms with Crippen molar-refractivity contribution < 1.29 is 23.8 Å². The fourth-order valence-corrected chi connectivity index (χ4v) is 3.02. The van der Waals surface area contributed by atoms with Crippen molar-refractivity contribution in [3.8, 4) is 17.4 Å². The van der Waals surface area contributed by atoms with Gasteiger partial charge in [-0.1, -0.05) is 11.6 Å². The lowest BCUT2D eigenvalue weighted by Crippen LogP contribution is -2.32. The van der Waals surface area contributed by atoms with Crippen LogP contribution < -0.4 is 5.32 Å². The van der Waals surface area contributed by atoms with Crippen LogP contribution in [0.25, 0.3) is 17.4 Å². The number of benzene rings is 1. The number of amides is 1. The molecule has 0 aliphatic carbocycles. The lowest BCUT2D eigenvalue weighted by molar-refractivity contribution is -0.117. The van der Waals surface area contributed by atoms with Gasteiger partial charge in [-0.25, -0.2) is 4.79 Å². The van der Waals surface area contributed by atoms with Crippen molar-refractivity contribution in [1.29, 1.82) is 5.26 Å². The first-order valence-corrected chi connectivity index (χ1v) is 9.00. The quantitative estimate of drug-likeness (QED) is 0.566. The number of hydrogen-bond donors (Lipinski definition) is 2. The zero-order valence-corrected chi connectivity index (χ0v) is 15.5. The zero-order valence-electron chi connectivity index (χ0n) is 14.8. The number of aromatic carboxylic acids is 1. The summed E-state index contributed by atoms with van der Waals surface area (Å²) in [6.07, 6.45) is 3.16. The third-order valence-corrected chi connectivity index (χ3v) is 4.60. The third-order valence-electron chi connectivity index (χ3n) is 4.27. The molecular formula is C20H17ClN2O5. The predicted octanol–water partition coefficient (Wildman–Crippen LogP) is 3.50. The largest absolute Gasteiger partial charge is 0.478 e. The highest BCUT2D eigenvalue weighted by atomic mass is 35.5. The number of nitrogens with one attached hydrogen (secondary N) is 1. The van der Waals surface area contributed by atoms with Gasteiger partial charge in [0.2, 0.25) is 0 Å². The van der Waals surface area contributed by atoms with Gasteiger partial charge in [0.25, 0.3) is 5.91 Å². The summed E-state index contributed by atoms with van der Waals surface area (Å²) in [5.74, 6) is -0.961. The molecule has 1 aromatic heterocycles. The fourth-order valence-electron chi connectivity index (χ4n) is 2.83. The summed E-state index contributed by atoms with van der Waals surface area (Å²) >= 11 is 5.87. The summed E-state index contributed by atoms with van der Waals surface area (Å²) in [6, 6.07) is 9.57. The Morgan fingerprint density at radius 1 is 1.36 bits per heavy atom. The molecule has 2 heterocycles. The van der Waals surface area contributed by atoms with Gasteiger partial charge in [0, 0.05) is 24.8 Å². The van der Waals surface area contributed by atoms with Crippen molar-refractivity contribution in [2.24, 2.45) is 0 Å². The maximum Gasteiger partial charge on any atom is 0.337 e. The summed E-state index contributed by atoms with van der Waals surface area (Å²) < 4.78 is 11.1. The molecule has 1 saturated heterocycles. The number of carbonyl (C=O) groups is 2. The Labute approximate surface area is 166 Å². The molecule has 1 aromatic carbocycles. The maximum absolute atomic E-state index is 12.2. The molecule has 0 spiro atoms. The number of ether oxygens (including phenoxy) is 1. The summed E-state index contributed by atoms with van der Waals surface area (Å²) in [7, 11) is 0. The third kappa shape index (κ3) is 4.60. The van der Waals surface area contributed by atoms with Crippen molar-refractivity contribution in [3.05, 3.63) is 52.3 Å². The molecule has 3 rings (SSSR count). The molecule has 7 nitrogen and oxygen atoms in total. The molecule has 1 aliphatic heterocycles. The number of hydrogen-bond acceptors (Lipinski definition) is 5. The second-order valence-corrected chi connectivity index (χ2v) is 6.62. The number of carboxylic acid groups (broad SMARTS) is 1. The van der Waals surface area contributed by atoms with E-state index in [4.69, 9.17) is 25.9 Å². The number of halogens is 1. The SMILES string of the molecule is N#CC(=Cc1ccc(-c2ccc(Cl)c(C(=O)O)c2)o1)C(=O)NCC1CCCO1. The second kappa shape index (κ2) is 8.74. The monoisotopic (exact) mass is 400 g/mol.